The van der Waals surface area contributed by atoms with Gasteiger partial charge in [-0.2, -0.15) is 12.8 Å². The first-order chi connectivity index (χ1) is 15.0. The van der Waals surface area contributed by atoms with Crippen LogP contribution in [0.15, 0.2) is 63.1 Å². The number of sulfonamides is 1. The Kier molecular flexibility index (Phi) is 5.21. The summed E-state index contributed by atoms with van der Waals surface area (Å²) in [6, 6.07) is 9.81. The summed E-state index contributed by atoms with van der Waals surface area (Å²) in [5.41, 5.74) is 6.25. The number of hydrogen-bond donors (Lipinski definition) is 2. The summed E-state index contributed by atoms with van der Waals surface area (Å²) in [6.07, 6.45) is 0. The van der Waals surface area contributed by atoms with Crippen LogP contribution in [0.4, 0.5) is 4.39 Å². The van der Waals surface area contributed by atoms with Crippen molar-refractivity contribution < 1.29 is 22.7 Å². The highest BCUT2D eigenvalue weighted by molar-refractivity contribution is 7.90. The summed E-state index contributed by atoms with van der Waals surface area (Å²) in [4.78, 5) is 15.0. The maximum atomic E-state index is 13.5. The molecule has 2 aromatic rings. The van der Waals surface area contributed by atoms with E-state index in [9.17, 15) is 22.7 Å². The Labute approximate surface area is 186 Å². The van der Waals surface area contributed by atoms with E-state index in [4.69, 9.17) is 5.73 Å². The zero-order valence-electron chi connectivity index (χ0n) is 18.0. The van der Waals surface area contributed by atoms with Crippen LogP contribution in [0.1, 0.15) is 37.5 Å². The third kappa shape index (κ3) is 3.51. The number of amides is 1. The van der Waals surface area contributed by atoms with Crippen molar-refractivity contribution in [2.75, 3.05) is 0 Å². The second-order valence-corrected chi connectivity index (χ2v) is 10.5. The van der Waals surface area contributed by atoms with E-state index in [2.05, 4.69) is 4.40 Å². The van der Waals surface area contributed by atoms with Gasteiger partial charge in [-0.3, -0.25) is 4.79 Å². The second-order valence-electron chi connectivity index (χ2n) is 9.00. The molecule has 1 atom stereocenters. The Balaban J connectivity index is 1.84. The number of carbonyl (C=O) groups is 1. The number of hydrogen-bond acceptors (Lipinski definition) is 5. The predicted octanol–water partition coefficient (Wildman–Crippen LogP) is 3.05. The minimum atomic E-state index is -4.07. The molecule has 2 aromatic carbocycles. The molecule has 0 saturated carbocycles. The van der Waals surface area contributed by atoms with Crippen molar-refractivity contribution in [3.05, 3.63) is 76.3 Å². The van der Waals surface area contributed by atoms with Gasteiger partial charge in [-0.05, 0) is 28.7 Å². The minimum Gasteiger partial charge on any atom is -0.509 e. The van der Waals surface area contributed by atoms with Gasteiger partial charge in [0.25, 0.3) is 15.9 Å². The molecule has 3 N–H and O–H groups in total. The summed E-state index contributed by atoms with van der Waals surface area (Å²) in [5.74, 6) is -1.16. The summed E-state index contributed by atoms with van der Waals surface area (Å²) < 4.78 is 42.8. The number of nitrogens with two attached hydrogens (primary N) is 1. The van der Waals surface area contributed by atoms with Gasteiger partial charge in [-0.25, -0.2) is 4.39 Å². The Morgan fingerprint density at radius 2 is 1.81 bits per heavy atom. The van der Waals surface area contributed by atoms with Crippen LogP contribution in [0.5, 0.6) is 0 Å². The molecular weight excluding hydrogens is 433 g/mol. The topological polar surface area (TPSA) is 113 Å². The highest BCUT2D eigenvalue weighted by Crippen LogP contribution is 2.41. The molecule has 0 fully saturated rings. The van der Waals surface area contributed by atoms with Gasteiger partial charge in [-0.15, -0.1) is 0 Å². The number of aliphatic hydroxyl groups excluding tert-OH is 1. The average molecular weight is 458 g/mol. The number of nitrogens with zero attached hydrogens (tertiary/aromatic N) is 2. The Bertz CT molecular complexity index is 1280. The number of fused-ring (bicyclic) bond motifs is 1. The van der Waals surface area contributed by atoms with E-state index in [0.717, 1.165) is 0 Å². The van der Waals surface area contributed by atoms with Crippen LogP contribution < -0.4 is 5.73 Å². The summed E-state index contributed by atoms with van der Waals surface area (Å²) in [5, 5.41) is 11.2. The van der Waals surface area contributed by atoms with Gasteiger partial charge in [0.2, 0.25) is 0 Å². The van der Waals surface area contributed by atoms with E-state index >= 15 is 0 Å². The molecule has 0 unspecified atom stereocenters. The van der Waals surface area contributed by atoms with Crippen molar-refractivity contribution in [3.8, 4) is 0 Å². The van der Waals surface area contributed by atoms with Gasteiger partial charge < -0.3 is 15.7 Å². The van der Waals surface area contributed by atoms with Crippen LogP contribution in [-0.2, 0) is 27.9 Å². The molecule has 0 spiro atoms. The van der Waals surface area contributed by atoms with Gasteiger partial charge in [0, 0.05) is 18.7 Å². The molecule has 168 valence electrons. The molecule has 2 aliphatic heterocycles. The van der Waals surface area contributed by atoms with Crippen LogP contribution in [0.2, 0.25) is 0 Å². The normalized spacial score (nSPS) is 20.0. The molecule has 2 aliphatic rings. The fourth-order valence-corrected chi connectivity index (χ4v) is 5.78. The second kappa shape index (κ2) is 7.53. The standard InChI is InChI=1S/C23H24FN3O4S/c1-23(2,3)21-19(28)17(22(29)27(21)12-13-7-9-15(24)10-8-13)18-16-6-4-5-14(11-25)20(16)32(30,31)26-18/h4-10,21,28H,11-12,25H2,1-3H3/t21-/m1/s1. The van der Waals surface area contributed by atoms with Crippen molar-refractivity contribution >= 4 is 21.6 Å². The quantitative estimate of drug-likeness (QED) is 0.733. The van der Waals surface area contributed by atoms with Crippen molar-refractivity contribution in [2.24, 2.45) is 15.5 Å². The Hall–Kier alpha value is -3.04. The van der Waals surface area contributed by atoms with Crippen LogP contribution >= 0.6 is 0 Å². The largest absolute Gasteiger partial charge is 0.509 e. The van der Waals surface area contributed by atoms with E-state index in [1.54, 1.807) is 30.3 Å². The van der Waals surface area contributed by atoms with E-state index < -0.39 is 33.2 Å². The SMILES string of the molecule is CC(C)(C)[C@H]1C(O)=C(C2=NS(=O)(=O)c3c(CN)cccc32)C(=O)N1Cc1ccc(F)cc1. The van der Waals surface area contributed by atoms with Crippen LogP contribution in [0.3, 0.4) is 0 Å². The molecule has 4 rings (SSSR count). The predicted molar refractivity (Wildman–Crippen MR) is 118 cm³/mol. The molecule has 9 heteroatoms. The maximum absolute atomic E-state index is 13.5. The van der Waals surface area contributed by atoms with Gasteiger partial charge in [0.15, 0.2) is 0 Å². The zero-order chi connectivity index (χ0) is 23.4. The molecular formula is C23H24FN3O4S. The lowest BCUT2D eigenvalue weighted by Gasteiger charge is -2.35. The highest BCUT2D eigenvalue weighted by atomic mass is 32.2. The zero-order valence-corrected chi connectivity index (χ0v) is 18.8. The molecule has 0 aromatic heterocycles. The number of halogens is 1. The van der Waals surface area contributed by atoms with Crippen LogP contribution in [0, 0.1) is 11.2 Å². The van der Waals surface area contributed by atoms with Gasteiger partial charge >= 0.3 is 0 Å². The van der Waals surface area contributed by atoms with Gasteiger partial charge in [0.1, 0.15) is 27.8 Å². The molecule has 0 saturated heterocycles. The monoisotopic (exact) mass is 457 g/mol. The summed E-state index contributed by atoms with van der Waals surface area (Å²) >= 11 is 0. The molecule has 1 amide bonds. The van der Waals surface area contributed by atoms with Crippen molar-refractivity contribution in [2.45, 2.75) is 44.8 Å². The van der Waals surface area contributed by atoms with Crippen molar-refractivity contribution in [1.82, 2.24) is 4.90 Å². The van der Waals surface area contributed by atoms with Crippen molar-refractivity contribution in [1.29, 1.82) is 0 Å². The number of benzene rings is 2. The molecule has 0 radical (unpaired) electrons. The Morgan fingerprint density at radius 1 is 1.16 bits per heavy atom. The average Bonchev–Trinajstić information content (AvgIpc) is 3.13. The van der Waals surface area contributed by atoms with Crippen LogP contribution in [0.25, 0.3) is 0 Å². The molecule has 2 heterocycles. The smallest absolute Gasteiger partial charge is 0.283 e. The lowest BCUT2D eigenvalue weighted by molar-refractivity contribution is -0.129. The first kappa shape index (κ1) is 22.2. The highest BCUT2D eigenvalue weighted by Gasteiger charge is 2.49. The lowest BCUT2D eigenvalue weighted by atomic mass is 9.84. The van der Waals surface area contributed by atoms with E-state index in [-0.39, 0.29) is 40.6 Å². The van der Waals surface area contributed by atoms with Gasteiger partial charge in [0.05, 0.1) is 6.04 Å². The van der Waals surface area contributed by atoms with E-state index in [1.807, 2.05) is 20.8 Å². The fourth-order valence-electron chi connectivity index (χ4n) is 4.34. The molecule has 0 aliphatic carbocycles. The van der Waals surface area contributed by atoms with E-state index in [1.165, 1.54) is 17.0 Å². The number of rotatable bonds is 4. The first-order valence-corrected chi connectivity index (χ1v) is 11.6. The van der Waals surface area contributed by atoms with Gasteiger partial charge in [-0.1, -0.05) is 51.1 Å². The number of carbonyl (C=O) groups excluding carboxylic acids is 1. The summed E-state index contributed by atoms with van der Waals surface area (Å²) in [7, 11) is -4.07. The summed E-state index contributed by atoms with van der Waals surface area (Å²) in [6.45, 7) is 5.72. The fraction of sp³-hybridized carbons (Fsp3) is 0.304. The lowest BCUT2D eigenvalue weighted by Crippen LogP contribution is -2.43. The van der Waals surface area contributed by atoms with E-state index in [0.29, 0.717) is 11.1 Å². The molecule has 32 heavy (non-hydrogen) atoms. The number of aliphatic hydroxyl groups is 1. The Morgan fingerprint density at radius 3 is 2.41 bits per heavy atom. The third-order valence-electron chi connectivity index (χ3n) is 5.67. The first-order valence-electron chi connectivity index (χ1n) is 10.1. The molecule has 0 bridgehead atoms. The minimum absolute atomic E-state index is 0.00845. The third-order valence-corrected chi connectivity index (χ3v) is 7.09. The molecule has 7 nitrogen and oxygen atoms in total. The van der Waals surface area contributed by atoms with Crippen molar-refractivity contribution in [3.63, 3.8) is 0 Å². The maximum Gasteiger partial charge on any atom is 0.283 e. The van der Waals surface area contributed by atoms with Crippen LogP contribution in [-0.4, -0.2) is 36.1 Å².